The van der Waals surface area contributed by atoms with Crippen molar-refractivity contribution in [2.24, 2.45) is 58.2 Å². The number of allylic oxidation sites excluding steroid dienone is 2. The second kappa shape index (κ2) is 8.26. The molecule has 0 radical (unpaired) electrons. The van der Waals surface area contributed by atoms with E-state index < -0.39 is 0 Å². The Kier molecular flexibility index (Phi) is 6.31. The van der Waals surface area contributed by atoms with Crippen LogP contribution in [0.25, 0.3) is 0 Å². The van der Waals surface area contributed by atoms with Crippen molar-refractivity contribution in [2.45, 2.75) is 120 Å². The third-order valence-electron chi connectivity index (χ3n) is 12.0. The van der Waals surface area contributed by atoms with Gasteiger partial charge in [-0.25, -0.2) is 0 Å². The average Bonchev–Trinajstić information content (AvgIpc) is 3.04. The van der Waals surface area contributed by atoms with Crippen molar-refractivity contribution >= 4 is 0 Å². The predicted octanol–water partition coefficient (Wildman–Crippen LogP) is 9.30. The Bertz CT molecular complexity index is 655. The van der Waals surface area contributed by atoms with E-state index in [0.717, 1.165) is 47.3 Å². The molecular weight excluding hydrogens is 360 g/mol. The van der Waals surface area contributed by atoms with Crippen LogP contribution >= 0.6 is 0 Å². The van der Waals surface area contributed by atoms with E-state index in [9.17, 15) is 0 Å². The van der Waals surface area contributed by atoms with Gasteiger partial charge in [-0.2, -0.15) is 0 Å². The third kappa shape index (κ3) is 3.46. The molecule has 3 saturated carbocycles. The normalized spacial score (nSPS) is 47.1. The van der Waals surface area contributed by atoms with Crippen molar-refractivity contribution in [1.82, 2.24) is 0 Å². The van der Waals surface area contributed by atoms with Gasteiger partial charge in [0.2, 0.25) is 0 Å². The lowest BCUT2D eigenvalue weighted by Crippen LogP contribution is -2.55. The van der Waals surface area contributed by atoms with Crippen LogP contribution in [-0.2, 0) is 0 Å². The van der Waals surface area contributed by atoms with Gasteiger partial charge in [-0.3, -0.25) is 0 Å². The molecule has 0 amide bonds. The van der Waals surface area contributed by atoms with E-state index in [4.69, 9.17) is 0 Å². The molecule has 0 aromatic heterocycles. The van der Waals surface area contributed by atoms with E-state index in [0.29, 0.717) is 10.8 Å². The van der Waals surface area contributed by atoms with E-state index >= 15 is 0 Å². The summed E-state index contributed by atoms with van der Waals surface area (Å²) in [6.45, 7) is 20.4. The fourth-order valence-corrected chi connectivity index (χ4v) is 9.86. The van der Waals surface area contributed by atoms with Crippen LogP contribution in [0.2, 0.25) is 0 Å². The molecule has 0 aromatic carbocycles. The summed E-state index contributed by atoms with van der Waals surface area (Å²) in [7, 11) is 0. The van der Waals surface area contributed by atoms with Gasteiger partial charge in [0.15, 0.2) is 0 Å². The molecule has 4 aliphatic carbocycles. The van der Waals surface area contributed by atoms with Crippen molar-refractivity contribution in [1.29, 1.82) is 0 Å². The molecule has 30 heavy (non-hydrogen) atoms. The topological polar surface area (TPSA) is 0 Å². The van der Waals surface area contributed by atoms with E-state index in [1.54, 1.807) is 24.0 Å². The number of hydrogen-bond acceptors (Lipinski definition) is 0. The molecule has 9 atom stereocenters. The summed E-state index contributed by atoms with van der Waals surface area (Å²) in [5, 5.41) is 0. The van der Waals surface area contributed by atoms with E-state index in [-0.39, 0.29) is 0 Å². The fraction of sp³-hybridized carbons (Fsp3) is 0.933. The Hall–Kier alpha value is -0.260. The highest BCUT2D eigenvalue weighted by Crippen LogP contribution is 2.69. The number of rotatable bonds is 5. The zero-order chi connectivity index (χ0) is 21.8. The van der Waals surface area contributed by atoms with Crippen molar-refractivity contribution in [2.75, 3.05) is 0 Å². The Balaban J connectivity index is 1.52. The minimum atomic E-state index is 0.564. The smallest absolute Gasteiger partial charge is 0.0172 e. The Morgan fingerprint density at radius 3 is 2.33 bits per heavy atom. The van der Waals surface area contributed by atoms with Crippen LogP contribution < -0.4 is 0 Å². The van der Waals surface area contributed by atoms with Crippen LogP contribution in [0, 0.1) is 58.2 Å². The zero-order valence-electron chi connectivity index (χ0n) is 21.7. The van der Waals surface area contributed by atoms with Gasteiger partial charge < -0.3 is 0 Å². The first-order chi connectivity index (χ1) is 14.1. The monoisotopic (exact) mass is 412 g/mol. The summed E-state index contributed by atoms with van der Waals surface area (Å²) in [6, 6.07) is 0. The summed E-state index contributed by atoms with van der Waals surface area (Å²) >= 11 is 0. The van der Waals surface area contributed by atoms with Crippen molar-refractivity contribution in [3.05, 3.63) is 11.1 Å². The van der Waals surface area contributed by atoms with Crippen molar-refractivity contribution in [3.63, 3.8) is 0 Å². The van der Waals surface area contributed by atoms with E-state index in [1.807, 2.05) is 0 Å². The summed E-state index contributed by atoms with van der Waals surface area (Å²) in [4.78, 5) is 0. The van der Waals surface area contributed by atoms with Crippen molar-refractivity contribution < 1.29 is 0 Å². The highest BCUT2D eigenvalue weighted by molar-refractivity contribution is 5.24. The standard InChI is InChI=1S/C30H52/c1-19(2)10-9-11-20(3)26-14-15-27-25-13-12-24-18-21(4)22(5)23(6)30(24,8)28(25)16-17-29(26,27)7/h19-20,23-28H,9-18H2,1-8H3/t20-,23?,24?,25+,26-,27+,28+,29-,30+/m1/s1. The maximum Gasteiger partial charge on any atom is -0.0172 e. The molecule has 0 nitrogen and oxygen atoms in total. The molecule has 172 valence electrons. The lowest BCUT2D eigenvalue weighted by Gasteiger charge is -2.63. The molecule has 0 aromatic rings. The molecule has 4 rings (SSSR count). The maximum absolute atomic E-state index is 2.75. The average molecular weight is 413 g/mol. The van der Waals surface area contributed by atoms with Crippen LogP contribution in [0.1, 0.15) is 120 Å². The minimum Gasteiger partial charge on any atom is -0.0738 e. The Morgan fingerprint density at radius 1 is 0.900 bits per heavy atom. The molecule has 0 heterocycles. The predicted molar refractivity (Wildman–Crippen MR) is 131 cm³/mol. The van der Waals surface area contributed by atoms with Crippen LogP contribution in [-0.4, -0.2) is 0 Å². The molecule has 0 heteroatoms. The molecule has 0 aliphatic heterocycles. The number of hydrogen-bond donors (Lipinski definition) is 0. The van der Waals surface area contributed by atoms with Gasteiger partial charge in [-0.05, 0) is 117 Å². The highest BCUT2D eigenvalue weighted by Gasteiger charge is 2.61. The maximum atomic E-state index is 2.75. The molecule has 3 fully saturated rings. The van der Waals surface area contributed by atoms with Crippen molar-refractivity contribution in [3.8, 4) is 0 Å². The van der Waals surface area contributed by atoms with Gasteiger partial charge in [-0.1, -0.05) is 72.0 Å². The molecule has 0 bridgehead atoms. The van der Waals surface area contributed by atoms with Gasteiger partial charge >= 0.3 is 0 Å². The molecule has 2 unspecified atom stereocenters. The van der Waals surface area contributed by atoms with Crippen LogP contribution in [0.5, 0.6) is 0 Å². The fourth-order valence-electron chi connectivity index (χ4n) is 9.86. The van der Waals surface area contributed by atoms with Crippen LogP contribution in [0.15, 0.2) is 11.1 Å². The van der Waals surface area contributed by atoms with Crippen LogP contribution in [0.4, 0.5) is 0 Å². The largest absolute Gasteiger partial charge is 0.0738 e. The Labute approximate surface area is 189 Å². The van der Waals surface area contributed by atoms with Gasteiger partial charge in [-0.15, -0.1) is 0 Å². The van der Waals surface area contributed by atoms with Gasteiger partial charge in [0, 0.05) is 0 Å². The van der Waals surface area contributed by atoms with Gasteiger partial charge in [0.05, 0.1) is 0 Å². The molecule has 0 spiro atoms. The number of fused-ring (bicyclic) bond motifs is 5. The van der Waals surface area contributed by atoms with Gasteiger partial charge in [0.25, 0.3) is 0 Å². The first-order valence-corrected chi connectivity index (χ1v) is 13.8. The Morgan fingerprint density at radius 2 is 1.63 bits per heavy atom. The first kappa shape index (κ1) is 22.9. The van der Waals surface area contributed by atoms with Gasteiger partial charge in [0.1, 0.15) is 0 Å². The lowest BCUT2D eigenvalue weighted by molar-refractivity contribution is -0.120. The summed E-state index contributed by atoms with van der Waals surface area (Å²) in [6.07, 6.45) is 14.9. The molecule has 0 saturated heterocycles. The SMILES string of the molecule is CC1=C(C)C(C)[C@@]2(C)C(CC[C@@H]3[C@@H]2CC[C@]2(C)[C@@H]([C@H](C)CCCC(C)C)CC[C@@H]32)C1. The first-order valence-electron chi connectivity index (χ1n) is 13.8. The quantitative estimate of drug-likeness (QED) is 0.394. The minimum absolute atomic E-state index is 0.564. The second-order valence-corrected chi connectivity index (χ2v) is 13.4. The zero-order valence-corrected chi connectivity index (χ0v) is 21.7. The molecular formula is C30H52. The van der Waals surface area contributed by atoms with E-state index in [1.165, 1.54) is 51.4 Å². The second-order valence-electron chi connectivity index (χ2n) is 13.4. The van der Waals surface area contributed by atoms with E-state index in [2.05, 4.69) is 55.4 Å². The summed E-state index contributed by atoms with van der Waals surface area (Å²) < 4.78 is 0. The lowest BCUT2D eigenvalue weighted by atomic mass is 9.42. The summed E-state index contributed by atoms with van der Waals surface area (Å²) in [5.41, 5.74) is 4.67. The summed E-state index contributed by atoms with van der Waals surface area (Å²) in [5.74, 6) is 7.57. The van der Waals surface area contributed by atoms with Crippen LogP contribution in [0.3, 0.4) is 0 Å². The molecule has 4 aliphatic rings. The third-order valence-corrected chi connectivity index (χ3v) is 12.0. The highest BCUT2D eigenvalue weighted by atomic mass is 14.7. The molecule has 0 N–H and O–H groups in total.